The Hall–Kier alpha value is -1.79. The fraction of sp³-hybridized carbons (Fsp3) is 0.786. The van der Waals surface area contributed by atoms with Crippen LogP contribution in [0, 0.1) is 5.41 Å². The second-order valence-electron chi connectivity index (χ2n) is 5.87. The molecule has 0 aliphatic heterocycles. The van der Waals surface area contributed by atoms with Gasteiger partial charge in [-0.15, -0.1) is 0 Å². The molecule has 1 aliphatic rings. The van der Waals surface area contributed by atoms with E-state index in [1.165, 1.54) is 0 Å². The molecule has 0 bridgehead atoms. The first-order valence-electron chi connectivity index (χ1n) is 7.40. The van der Waals surface area contributed by atoms with Crippen molar-refractivity contribution in [3.05, 3.63) is 0 Å². The highest BCUT2D eigenvalue weighted by Gasteiger charge is 2.41. The lowest BCUT2D eigenvalue weighted by atomic mass is 9.86. The van der Waals surface area contributed by atoms with Crippen LogP contribution in [0.5, 0.6) is 0 Å². The number of carboxylic acids is 1. The lowest BCUT2D eigenvalue weighted by Crippen LogP contribution is -2.45. The zero-order chi connectivity index (χ0) is 15.9. The van der Waals surface area contributed by atoms with Crippen LogP contribution in [0.3, 0.4) is 0 Å². The van der Waals surface area contributed by atoms with Gasteiger partial charge in [0, 0.05) is 25.6 Å². The van der Waals surface area contributed by atoms with Crippen molar-refractivity contribution in [2.45, 2.75) is 52.0 Å². The van der Waals surface area contributed by atoms with Crippen molar-refractivity contribution < 1.29 is 19.5 Å². The van der Waals surface area contributed by atoms with E-state index in [9.17, 15) is 19.5 Å². The Kier molecular flexibility index (Phi) is 6.45. The summed E-state index contributed by atoms with van der Waals surface area (Å²) in [5, 5.41) is 17.2. The lowest BCUT2D eigenvalue weighted by Gasteiger charge is -2.24. The number of hydrogen-bond donors (Lipinski definition) is 4. The molecule has 120 valence electrons. The zero-order valence-electron chi connectivity index (χ0n) is 12.7. The largest absolute Gasteiger partial charge is 0.481 e. The van der Waals surface area contributed by atoms with Gasteiger partial charge in [0.25, 0.3) is 0 Å². The number of amides is 3. The molecule has 1 fully saturated rings. The molecule has 0 heterocycles. The van der Waals surface area contributed by atoms with Crippen molar-refractivity contribution in [2.24, 2.45) is 5.41 Å². The predicted octanol–water partition coefficient (Wildman–Crippen LogP) is 0.845. The second kappa shape index (κ2) is 7.85. The molecule has 1 saturated carbocycles. The number of rotatable bonds is 7. The summed E-state index contributed by atoms with van der Waals surface area (Å²) in [5.74, 6) is -0.972. The van der Waals surface area contributed by atoms with Gasteiger partial charge < -0.3 is 21.1 Å². The molecule has 0 spiro atoms. The highest BCUT2D eigenvalue weighted by molar-refractivity contribution is 5.79. The Morgan fingerprint density at radius 2 is 1.76 bits per heavy atom. The Labute approximate surface area is 124 Å². The highest BCUT2D eigenvalue weighted by atomic mass is 16.4. The van der Waals surface area contributed by atoms with Gasteiger partial charge in [-0.05, 0) is 26.7 Å². The van der Waals surface area contributed by atoms with Crippen LogP contribution >= 0.6 is 0 Å². The SMILES string of the molecule is CC(C)NC(=O)CCNC(=O)NCC1(C(=O)O)CCCC1. The Morgan fingerprint density at radius 3 is 2.29 bits per heavy atom. The summed E-state index contributed by atoms with van der Waals surface area (Å²) in [6.45, 7) is 4.09. The van der Waals surface area contributed by atoms with Gasteiger partial charge in [0.05, 0.1) is 5.41 Å². The first-order chi connectivity index (χ1) is 9.85. The van der Waals surface area contributed by atoms with E-state index < -0.39 is 17.4 Å². The summed E-state index contributed by atoms with van der Waals surface area (Å²) >= 11 is 0. The van der Waals surface area contributed by atoms with Gasteiger partial charge in [0.15, 0.2) is 0 Å². The summed E-state index contributed by atoms with van der Waals surface area (Å²) < 4.78 is 0. The van der Waals surface area contributed by atoms with Gasteiger partial charge in [-0.1, -0.05) is 12.8 Å². The fourth-order valence-corrected chi connectivity index (χ4v) is 2.51. The molecule has 1 aliphatic carbocycles. The van der Waals surface area contributed by atoms with Crippen molar-refractivity contribution in [1.82, 2.24) is 16.0 Å². The number of hydrogen-bond acceptors (Lipinski definition) is 3. The molecule has 3 amide bonds. The van der Waals surface area contributed by atoms with Crippen LogP contribution in [0.1, 0.15) is 46.0 Å². The smallest absolute Gasteiger partial charge is 0.314 e. The molecule has 0 saturated heterocycles. The minimum absolute atomic E-state index is 0.0733. The average molecular weight is 299 g/mol. The summed E-state index contributed by atoms with van der Waals surface area (Å²) in [4.78, 5) is 34.3. The van der Waals surface area contributed by atoms with Crippen LogP contribution in [0.4, 0.5) is 4.79 Å². The van der Waals surface area contributed by atoms with E-state index in [1.54, 1.807) is 0 Å². The third kappa shape index (κ3) is 5.61. The summed E-state index contributed by atoms with van der Waals surface area (Å²) in [5.41, 5.74) is -0.827. The second-order valence-corrected chi connectivity index (χ2v) is 5.87. The molecular formula is C14H25N3O4. The van der Waals surface area contributed by atoms with Gasteiger partial charge in [-0.2, -0.15) is 0 Å². The standard InChI is InChI=1S/C14H25N3O4/c1-10(2)17-11(18)5-8-15-13(21)16-9-14(12(19)20)6-3-4-7-14/h10H,3-9H2,1-2H3,(H,17,18)(H,19,20)(H2,15,16,21). The van der Waals surface area contributed by atoms with Crippen LogP contribution in [-0.4, -0.2) is 42.1 Å². The molecule has 0 aromatic heterocycles. The van der Waals surface area contributed by atoms with Crippen LogP contribution < -0.4 is 16.0 Å². The van der Waals surface area contributed by atoms with Crippen LogP contribution in [0.2, 0.25) is 0 Å². The predicted molar refractivity (Wildman–Crippen MR) is 77.8 cm³/mol. The van der Waals surface area contributed by atoms with Crippen molar-refractivity contribution in [3.63, 3.8) is 0 Å². The molecule has 1 rings (SSSR count). The number of carbonyl (C=O) groups is 3. The topological polar surface area (TPSA) is 108 Å². The Bertz CT molecular complexity index is 390. The van der Waals surface area contributed by atoms with Crippen molar-refractivity contribution in [3.8, 4) is 0 Å². The van der Waals surface area contributed by atoms with Gasteiger partial charge >= 0.3 is 12.0 Å². The van der Waals surface area contributed by atoms with E-state index in [2.05, 4.69) is 16.0 Å². The first-order valence-corrected chi connectivity index (χ1v) is 7.40. The zero-order valence-corrected chi connectivity index (χ0v) is 12.7. The van der Waals surface area contributed by atoms with Crippen molar-refractivity contribution in [1.29, 1.82) is 0 Å². The van der Waals surface area contributed by atoms with Crippen LogP contribution in [0.15, 0.2) is 0 Å². The van der Waals surface area contributed by atoms with Crippen LogP contribution in [0.25, 0.3) is 0 Å². The molecule has 7 heteroatoms. The molecule has 0 radical (unpaired) electrons. The maximum Gasteiger partial charge on any atom is 0.314 e. The minimum Gasteiger partial charge on any atom is -0.481 e. The van der Waals surface area contributed by atoms with Crippen molar-refractivity contribution >= 4 is 17.9 Å². The normalized spacial score (nSPS) is 16.5. The molecule has 0 atom stereocenters. The number of carbonyl (C=O) groups excluding carboxylic acids is 2. The number of urea groups is 1. The van der Waals surface area contributed by atoms with E-state index >= 15 is 0 Å². The minimum atomic E-state index is -0.850. The van der Waals surface area contributed by atoms with Crippen molar-refractivity contribution in [2.75, 3.05) is 13.1 Å². The third-order valence-corrected chi connectivity index (χ3v) is 3.69. The molecular weight excluding hydrogens is 274 g/mol. The molecule has 0 aromatic carbocycles. The fourth-order valence-electron chi connectivity index (χ4n) is 2.51. The number of carboxylic acid groups (broad SMARTS) is 1. The quantitative estimate of drug-likeness (QED) is 0.559. The maximum absolute atomic E-state index is 11.6. The molecule has 0 aromatic rings. The van der Waals surface area contributed by atoms with E-state index in [1.807, 2.05) is 13.8 Å². The summed E-state index contributed by atoms with van der Waals surface area (Å²) in [6.07, 6.45) is 3.16. The highest BCUT2D eigenvalue weighted by Crippen LogP contribution is 2.37. The summed E-state index contributed by atoms with van der Waals surface area (Å²) in [7, 11) is 0. The van der Waals surface area contributed by atoms with Crippen LogP contribution in [-0.2, 0) is 9.59 Å². The monoisotopic (exact) mass is 299 g/mol. The average Bonchev–Trinajstić information content (AvgIpc) is 2.85. The number of nitrogens with one attached hydrogen (secondary N) is 3. The Balaban J connectivity index is 2.25. The number of aliphatic carboxylic acids is 1. The van der Waals surface area contributed by atoms with Gasteiger partial charge in [0.1, 0.15) is 0 Å². The van der Waals surface area contributed by atoms with Gasteiger partial charge in [0.2, 0.25) is 5.91 Å². The summed E-state index contributed by atoms with van der Waals surface area (Å²) in [6, 6.07) is -0.357. The molecule has 21 heavy (non-hydrogen) atoms. The van der Waals surface area contributed by atoms with E-state index in [0.29, 0.717) is 12.8 Å². The molecule has 0 unspecified atom stereocenters. The third-order valence-electron chi connectivity index (χ3n) is 3.69. The van der Waals surface area contributed by atoms with Gasteiger partial charge in [-0.25, -0.2) is 4.79 Å². The lowest BCUT2D eigenvalue weighted by molar-refractivity contribution is -0.148. The first kappa shape index (κ1) is 17.3. The van der Waals surface area contributed by atoms with Gasteiger partial charge in [-0.3, -0.25) is 9.59 Å². The van der Waals surface area contributed by atoms with E-state index in [4.69, 9.17) is 0 Å². The molecule has 4 N–H and O–H groups in total. The van der Waals surface area contributed by atoms with E-state index in [-0.39, 0.29) is 31.5 Å². The maximum atomic E-state index is 11.6. The molecule has 7 nitrogen and oxygen atoms in total. The van der Waals surface area contributed by atoms with E-state index in [0.717, 1.165) is 12.8 Å². The Morgan fingerprint density at radius 1 is 1.14 bits per heavy atom.